The Labute approximate surface area is 150 Å². The van der Waals surface area contributed by atoms with Crippen LogP contribution in [0.4, 0.5) is 11.8 Å². The average molecular weight is 343 g/mol. The van der Waals surface area contributed by atoms with Crippen molar-refractivity contribution in [2.45, 2.75) is 45.4 Å². The Morgan fingerprint density at radius 2 is 1.84 bits per heavy atom. The van der Waals surface area contributed by atoms with Crippen LogP contribution in [0.1, 0.15) is 44.7 Å². The number of hydrogen-bond donors (Lipinski definition) is 0. The topological polar surface area (TPSA) is 52.6 Å². The summed E-state index contributed by atoms with van der Waals surface area (Å²) in [5, 5.41) is 0. The van der Waals surface area contributed by atoms with E-state index in [1.807, 2.05) is 11.9 Å². The molecule has 136 valence electrons. The first-order valence-corrected chi connectivity index (χ1v) is 9.75. The van der Waals surface area contributed by atoms with Crippen molar-refractivity contribution in [3.05, 3.63) is 11.8 Å². The zero-order chi connectivity index (χ0) is 17.4. The minimum atomic E-state index is -0.196. The van der Waals surface area contributed by atoms with Crippen LogP contribution in [0.15, 0.2) is 6.07 Å². The number of aromatic nitrogens is 2. The molecule has 1 atom stereocenters. The molecule has 3 aliphatic heterocycles. The Bertz CT molecular complexity index is 657. The summed E-state index contributed by atoms with van der Waals surface area (Å²) in [5.41, 5.74) is 0.901. The molecule has 1 spiro atoms. The lowest BCUT2D eigenvalue weighted by molar-refractivity contribution is -0.143. The highest BCUT2D eigenvalue weighted by Gasteiger charge is 2.47. The van der Waals surface area contributed by atoms with Crippen LogP contribution in [0.2, 0.25) is 0 Å². The molecule has 4 heterocycles. The predicted molar refractivity (Wildman–Crippen MR) is 99.0 cm³/mol. The molecule has 25 heavy (non-hydrogen) atoms. The van der Waals surface area contributed by atoms with Gasteiger partial charge in [0.15, 0.2) is 0 Å². The van der Waals surface area contributed by atoms with Crippen molar-refractivity contribution in [1.82, 2.24) is 14.9 Å². The molecule has 1 aromatic rings. The van der Waals surface area contributed by atoms with Crippen LogP contribution in [-0.2, 0) is 11.2 Å². The smallest absolute Gasteiger partial charge is 0.230 e. The molecule has 0 saturated carbocycles. The van der Waals surface area contributed by atoms with Crippen LogP contribution in [0, 0.1) is 5.41 Å². The molecular weight excluding hydrogens is 314 g/mol. The summed E-state index contributed by atoms with van der Waals surface area (Å²) in [7, 11) is 1.94. The number of nitrogens with zero attached hydrogens (tertiary/aromatic N) is 5. The van der Waals surface area contributed by atoms with E-state index in [0.29, 0.717) is 5.91 Å². The second-order valence-electron chi connectivity index (χ2n) is 7.85. The second-order valence-corrected chi connectivity index (χ2v) is 7.85. The van der Waals surface area contributed by atoms with Crippen LogP contribution < -0.4 is 9.80 Å². The molecule has 0 radical (unpaired) electrons. The fourth-order valence-corrected chi connectivity index (χ4v) is 4.59. The van der Waals surface area contributed by atoms with Gasteiger partial charge in [0.25, 0.3) is 0 Å². The van der Waals surface area contributed by atoms with E-state index < -0.39 is 0 Å². The van der Waals surface area contributed by atoms with E-state index in [2.05, 4.69) is 22.8 Å². The fourth-order valence-electron chi connectivity index (χ4n) is 4.59. The van der Waals surface area contributed by atoms with Gasteiger partial charge in [-0.3, -0.25) is 4.79 Å². The van der Waals surface area contributed by atoms with Crippen molar-refractivity contribution >= 4 is 17.7 Å². The molecular formula is C19H29N5O. The third-order valence-corrected chi connectivity index (χ3v) is 6.13. The molecule has 3 saturated heterocycles. The van der Waals surface area contributed by atoms with Crippen molar-refractivity contribution in [3.8, 4) is 0 Å². The number of carbonyl (C=O) groups excluding carboxylic acids is 1. The summed E-state index contributed by atoms with van der Waals surface area (Å²) >= 11 is 0. The number of likely N-dealkylation sites (tertiary alicyclic amines) is 1. The highest BCUT2D eigenvalue weighted by atomic mass is 16.2. The second kappa shape index (κ2) is 6.46. The number of rotatable bonds is 3. The lowest BCUT2D eigenvalue weighted by atomic mass is 9.78. The zero-order valence-electron chi connectivity index (χ0n) is 15.5. The maximum absolute atomic E-state index is 12.8. The molecule has 3 fully saturated rings. The van der Waals surface area contributed by atoms with Gasteiger partial charge in [-0.2, -0.15) is 4.98 Å². The Balaban J connectivity index is 1.59. The normalized spacial score (nSPS) is 27.0. The number of amides is 1. The Morgan fingerprint density at radius 1 is 1.04 bits per heavy atom. The first-order valence-electron chi connectivity index (χ1n) is 9.75. The van der Waals surface area contributed by atoms with Gasteiger partial charge in [0.05, 0.1) is 5.41 Å². The van der Waals surface area contributed by atoms with Gasteiger partial charge < -0.3 is 14.7 Å². The van der Waals surface area contributed by atoms with Gasteiger partial charge in [-0.25, -0.2) is 4.98 Å². The first-order chi connectivity index (χ1) is 12.1. The molecule has 6 nitrogen and oxygen atoms in total. The average Bonchev–Trinajstić information content (AvgIpc) is 3.30. The van der Waals surface area contributed by atoms with Gasteiger partial charge >= 0.3 is 0 Å². The standard InChI is InChI=1S/C19H29N5O/c1-3-15-13-16(21-18(20-15)23-10-4-5-11-23)24-12-8-19(14-24)7-6-9-22(2)17(19)25/h13H,3-12,14H2,1-2H3/t19-/m1/s1. The van der Waals surface area contributed by atoms with E-state index in [1.54, 1.807) is 0 Å². The molecule has 0 aliphatic carbocycles. The van der Waals surface area contributed by atoms with E-state index in [4.69, 9.17) is 9.97 Å². The summed E-state index contributed by atoms with van der Waals surface area (Å²) in [6, 6.07) is 2.12. The summed E-state index contributed by atoms with van der Waals surface area (Å²) in [6.45, 7) is 6.87. The van der Waals surface area contributed by atoms with Crippen LogP contribution in [0.25, 0.3) is 0 Å². The SMILES string of the molecule is CCc1cc(N2CC[C@]3(CCCN(C)C3=O)C2)nc(N2CCCC2)n1. The van der Waals surface area contributed by atoms with Crippen molar-refractivity contribution in [3.63, 3.8) is 0 Å². The van der Waals surface area contributed by atoms with Crippen LogP contribution in [-0.4, -0.2) is 60.5 Å². The van der Waals surface area contributed by atoms with Crippen LogP contribution in [0.5, 0.6) is 0 Å². The van der Waals surface area contributed by atoms with E-state index >= 15 is 0 Å². The number of anilines is 2. The molecule has 0 aromatic carbocycles. The van der Waals surface area contributed by atoms with Gasteiger partial charge in [0.1, 0.15) is 5.82 Å². The van der Waals surface area contributed by atoms with E-state index in [-0.39, 0.29) is 5.41 Å². The maximum Gasteiger partial charge on any atom is 0.230 e. The summed E-state index contributed by atoms with van der Waals surface area (Å²) in [6.07, 6.45) is 6.43. The Kier molecular flexibility index (Phi) is 4.29. The minimum absolute atomic E-state index is 0.196. The van der Waals surface area contributed by atoms with Crippen molar-refractivity contribution < 1.29 is 4.79 Å². The molecule has 1 aromatic heterocycles. The zero-order valence-corrected chi connectivity index (χ0v) is 15.5. The maximum atomic E-state index is 12.8. The molecule has 0 N–H and O–H groups in total. The van der Waals surface area contributed by atoms with E-state index in [0.717, 1.165) is 75.9 Å². The summed E-state index contributed by atoms with van der Waals surface area (Å²) < 4.78 is 0. The van der Waals surface area contributed by atoms with Crippen molar-refractivity contribution in [2.24, 2.45) is 5.41 Å². The molecule has 4 rings (SSSR count). The molecule has 1 amide bonds. The number of carbonyl (C=O) groups is 1. The number of piperidine rings is 1. The van der Waals surface area contributed by atoms with Gasteiger partial charge in [-0.15, -0.1) is 0 Å². The molecule has 6 heteroatoms. The van der Waals surface area contributed by atoms with Gasteiger partial charge in [0, 0.05) is 51.5 Å². The monoisotopic (exact) mass is 343 g/mol. The number of aryl methyl sites for hydroxylation is 1. The minimum Gasteiger partial charge on any atom is -0.355 e. The summed E-state index contributed by atoms with van der Waals surface area (Å²) in [5.74, 6) is 2.21. The molecule has 0 bridgehead atoms. The van der Waals surface area contributed by atoms with Crippen molar-refractivity contribution in [1.29, 1.82) is 0 Å². The Morgan fingerprint density at radius 3 is 2.60 bits per heavy atom. The van der Waals surface area contributed by atoms with E-state index in [1.165, 1.54) is 12.8 Å². The highest BCUT2D eigenvalue weighted by molar-refractivity contribution is 5.84. The molecule has 3 aliphatic rings. The third kappa shape index (κ3) is 2.96. The number of hydrogen-bond acceptors (Lipinski definition) is 5. The molecule has 0 unspecified atom stereocenters. The van der Waals surface area contributed by atoms with Crippen LogP contribution in [0.3, 0.4) is 0 Å². The van der Waals surface area contributed by atoms with Gasteiger partial charge in [0.2, 0.25) is 11.9 Å². The van der Waals surface area contributed by atoms with Crippen LogP contribution >= 0.6 is 0 Å². The van der Waals surface area contributed by atoms with Crippen molar-refractivity contribution in [2.75, 3.05) is 49.6 Å². The van der Waals surface area contributed by atoms with Gasteiger partial charge in [-0.05, 0) is 38.5 Å². The first kappa shape index (κ1) is 16.6. The van der Waals surface area contributed by atoms with Gasteiger partial charge in [-0.1, -0.05) is 6.92 Å². The van der Waals surface area contributed by atoms with E-state index in [9.17, 15) is 4.79 Å². The lowest BCUT2D eigenvalue weighted by Crippen LogP contribution is -2.48. The highest BCUT2D eigenvalue weighted by Crippen LogP contribution is 2.41. The summed E-state index contributed by atoms with van der Waals surface area (Å²) in [4.78, 5) is 28.9. The fraction of sp³-hybridized carbons (Fsp3) is 0.737. The third-order valence-electron chi connectivity index (χ3n) is 6.13. The quantitative estimate of drug-likeness (QED) is 0.841. The Hall–Kier alpha value is -1.85. The largest absolute Gasteiger partial charge is 0.355 e. The lowest BCUT2D eigenvalue weighted by Gasteiger charge is -2.37. The predicted octanol–water partition coefficient (Wildman–Crippen LogP) is 2.09.